The largest absolute Gasteiger partial charge is 0.354 e. The molecule has 2 heterocycles. The Bertz CT molecular complexity index is 392. The van der Waals surface area contributed by atoms with Crippen LogP contribution in [-0.2, 0) is 6.54 Å². The van der Waals surface area contributed by atoms with Crippen LogP contribution in [0.3, 0.4) is 0 Å². The summed E-state index contributed by atoms with van der Waals surface area (Å²) in [4.78, 5) is 16.8. The first-order valence-electron chi connectivity index (χ1n) is 4.95. The van der Waals surface area contributed by atoms with E-state index in [1.54, 1.807) is 6.92 Å². The topological polar surface area (TPSA) is 36.1 Å². The van der Waals surface area contributed by atoms with E-state index in [-0.39, 0.29) is 5.78 Å². The van der Waals surface area contributed by atoms with E-state index in [1.807, 2.05) is 6.92 Å². The van der Waals surface area contributed by atoms with E-state index in [9.17, 15) is 4.79 Å². The maximum Gasteiger partial charge on any atom is 0.176 e. The Morgan fingerprint density at radius 2 is 2.21 bits per heavy atom. The van der Waals surface area contributed by atoms with Crippen LogP contribution in [0.5, 0.6) is 0 Å². The highest BCUT2D eigenvalue weighted by Gasteiger charge is 2.29. The van der Waals surface area contributed by atoms with Crippen molar-refractivity contribution in [1.82, 2.24) is 9.88 Å². The lowest BCUT2D eigenvalue weighted by molar-refractivity contribution is 0.101. The van der Waals surface area contributed by atoms with Crippen LogP contribution in [-0.4, -0.2) is 22.7 Å². The third-order valence-electron chi connectivity index (χ3n) is 3.22. The second-order valence-electron chi connectivity index (χ2n) is 4.16. The number of hydrogen-bond acceptors (Lipinski definition) is 2. The van der Waals surface area contributed by atoms with E-state index in [1.165, 1.54) is 11.3 Å². The van der Waals surface area contributed by atoms with Crippen molar-refractivity contribution in [3.63, 3.8) is 0 Å². The van der Waals surface area contributed by atoms with Gasteiger partial charge in [-0.1, -0.05) is 0 Å². The molecule has 0 radical (unpaired) electrons. The number of aromatic amines is 1. The lowest BCUT2D eigenvalue weighted by Crippen LogP contribution is -2.15. The van der Waals surface area contributed by atoms with Crippen LogP contribution >= 0.6 is 0 Å². The third-order valence-corrected chi connectivity index (χ3v) is 3.22. The number of aromatic nitrogens is 1. The van der Waals surface area contributed by atoms with Gasteiger partial charge in [0.1, 0.15) is 0 Å². The summed E-state index contributed by atoms with van der Waals surface area (Å²) in [6.07, 6.45) is 0. The number of Topliss-reactive ketones (excluding diaryl/α,β-unsaturated/α-hetero) is 1. The lowest BCUT2D eigenvalue weighted by atomic mass is 10.1. The van der Waals surface area contributed by atoms with Crippen molar-refractivity contribution in [2.75, 3.05) is 7.05 Å². The van der Waals surface area contributed by atoms with Gasteiger partial charge in [0.15, 0.2) is 5.78 Å². The van der Waals surface area contributed by atoms with E-state index < -0.39 is 0 Å². The predicted molar refractivity (Wildman–Crippen MR) is 55.4 cm³/mol. The molecule has 0 aliphatic carbocycles. The molecule has 0 saturated heterocycles. The van der Waals surface area contributed by atoms with Gasteiger partial charge < -0.3 is 4.98 Å². The zero-order valence-electron chi connectivity index (χ0n) is 9.14. The molecule has 14 heavy (non-hydrogen) atoms. The fourth-order valence-corrected chi connectivity index (χ4v) is 2.32. The number of fused-ring (bicyclic) bond motifs is 1. The van der Waals surface area contributed by atoms with Crippen LogP contribution in [0, 0.1) is 6.92 Å². The molecule has 0 aromatic carbocycles. The molecular weight excluding hydrogens is 176 g/mol. The Kier molecular flexibility index (Phi) is 2.00. The standard InChI is InChI=1S/C11H16N2O/c1-6-10-7(2)13(4)5-9(10)12-11(6)8(3)14/h7,12H,5H2,1-4H3. The minimum atomic E-state index is 0.131. The van der Waals surface area contributed by atoms with Gasteiger partial charge in [-0.3, -0.25) is 9.69 Å². The zero-order chi connectivity index (χ0) is 10.5. The summed E-state index contributed by atoms with van der Waals surface area (Å²) in [7, 11) is 2.10. The minimum Gasteiger partial charge on any atom is -0.354 e. The van der Waals surface area contributed by atoms with Crippen LogP contribution < -0.4 is 0 Å². The van der Waals surface area contributed by atoms with E-state index in [0.717, 1.165) is 17.8 Å². The number of carbonyl (C=O) groups excluding carboxylic acids is 1. The fourth-order valence-electron chi connectivity index (χ4n) is 2.32. The molecule has 1 aliphatic heterocycles. The van der Waals surface area contributed by atoms with Gasteiger partial charge in [-0.25, -0.2) is 0 Å². The Balaban J connectivity index is 2.53. The van der Waals surface area contributed by atoms with Crippen LogP contribution in [0.1, 0.15) is 47.2 Å². The van der Waals surface area contributed by atoms with E-state index >= 15 is 0 Å². The van der Waals surface area contributed by atoms with Crippen molar-refractivity contribution in [3.05, 3.63) is 22.5 Å². The van der Waals surface area contributed by atoms with Gasteiger partial charge >= 0.3 is 0 Å². The third kappa shape index (κ3) is 1.12. The van der Waals surface area contributed by atoms with Gasteiger partial charge in [-0.15, -0.1) is 0 Å². The van der Waals surface area contributed by atoms with Crippen molar-refractivity contribution in [1.29, 1.82) is 0 Å². The molecule has 0 saturated carbocycles. The molecule has 0 spiro atoms. The molecule has 0 amide bonds. The number of carbonyl (C=O) groups is 1. The number of nitrogens with zero attached hydrogens (tertiary/aromatic N) is 1. The first-order valence-corrected chi connectivity index (χ1v) is 4.95. The highest BCUT2D eigenvalue weighted by atomic mass is 16.1. The number of nitrogens with one attached hydrogen (secondary N) is 1. The lowest BCUT2D eigenvalue weighted by Gasteiger charge is -2.15. The molecule has 1 atom stereocenters. The minimum absolute atomic E-state index is 0.131. The molecule has 0 fully saturated rings. The number of rotatable bonds is 1. The first-order chi connectivity index (χ1) is 6.52. The van der Waals surface area contributed by atoms with Crippen molar-refractivity contribution in [2.45, 2.75) is 33.4 Å². The summed E-state index contributed by atoms with van der Waals surface area (Å²) in [5.41, 5.74) is 4.44. The summed E-state index contributed by atoms with van der Waals surface area (Å²) in [6.45, 7) is 6.74. The number of hydrogen-bond donors (Lipinski definition) is 1. The van der Waals surface area contributed by atoms with Gasteiger partial charge in [0.05, 0.1) is 5.69 Å². The van der Waals surface area contributed by atoms with Crippen LogP contribution in [0.2, 0.25) is 0 Å². The van der Waals surface area contributed by atoms with Gasteiger partial charge in [-0.2, -0.15) is 0 Å². The maximum atomic E-state index is 11.3. The molecule has 76 valence electrons. The number of H-pyrrole nitrogens is 1. The van der Waals surface area contributed by atoms with Crippen LogP contribution in [0.15, 0.2) is 0 Å². The SMILES string of the molecule is CC(=O)c1[nH]c2c(c1C)C(C)N(C)C2. The summed E-state index contributed by atoms with van der Waals surface area (Å²) >= 11 is 0. The van der Waals surface area contributed by atoms with Crippen LogP contribution in [0.4, 0.5) is 0 Å². The molecule has 1 aliphatic rings. The zero-order valence-corrected chi connectivity index (χ0v) is 9.14. The molecule has 0 bridgehead atoms. The molecule has 2 rings (SSSR count). The second-order valence-corrected chi connectivity index (χ2v) is 4.16. The predicted octanol–water partition coefficient (Wildman–Crippen LogP) is 2.03. The summed E-state index contributed by atoms with van der Waals surface area (Å²) in [6, 6.07) is 0.425. The molecule has 1 unspecified atom stereocenters. The Morgan fingerprint density at radius 3 is 2.71 bits per heavy atom. The summed E-state index contributed by atoms with van der Waals surface area (Å²) in [5.74, 6) is 0.131. The molecule has 3 heteroatoms. The van der Waals surface area contributed by atoms with Crippen molar-refractivity contribution >= 4 is 5.78 Å². The van der Waals surface area contributed by atoms with Gasteiger partial charge in [0.2, 0.25) is 0 Å². The molecule has 1 aromatic heterocycles. The maximum absolute atomic E-state index is 11.3. The average molecular weight is 192 g/mol. The van der Waals surface area contributed by atoms with Gasteiger partial charge in [0.25, 0.3) is 0 Å². The van der Waals surface area contributed by atoms with E-state index in [4.69, 9.17) is 0 Å². The summed E-state index contributed by atoms with van der Waals surface area (Å²) in [5, 5.41) is 0. The molecule has 1 aromatic rings. The van der Waals surface area contributed by atoms with Gasteiger partial charge in [0, 0.05) is 25.2 Å². The highest BCUT2D eigenvalue weighted by molar-refractivity contribution is 5.94. The molecule has 1 N–H and O–H groups in total. The monoisotopic (exact) mass is 192 g/mol. The fraction of sp³-hybridized carbons (Fsp3) is 0.545. The van der Waals surface area contributed by atoms with Crippen molar-refractivity contribution in [3.8, 4) is 0 Å². The Labute approximate surface area is 84.1 Å². The molecule has 3 nitrogen and oxygen atoms in total. The van der Waals surface area contributed by atoms with Crippen molar-refractivity contribution < 1.29 is 4.79 Å². The normalized spacial score (nSPS) is 21.3. The van der Waals surface area contributed by atoms with E-state index in [2.05, 4.69) is 23.9 Å². The number of ketones is 1. The molecular formula is C11H16N2O. The smallest absolute Gasteiger partial charge is 0.176 e. The first kappa shape index (κ1) is 9.46. The Morgan fingerprint density at radius 1 is 1.57 bits per heavy atom. The van der Waals surface area contributed by atoms with E-state index in [0.29, 0.717) is 6.04 Å². The highest BCUT2D eigenvalue weighted by Crippen LogP contribution is 2.35. The van der Waals surface area contributed by atoms with Crippen molar-refractivity contribution in [2.24, 2.45) is 0 Å². The second kappa shape index (κ2) is 2.95. The van der Waals surface area contributed by atoms with Gasteiger partial charge in [-0.05, 0) is 32.0 Å². The van der Waals surface area contributed by atoms with Crippen LogP contribution in [0.25, 0.3) is 0 Å². The average Bonchev–Trinajstić information content (AvgIpc) is 2.54. The summed E-state index contributed by atoms with van der Waals surface area (Å²) < 4.78 is 0. The Hall–Kier alpha value is -1.09. The quantitative estimate of drug-likeness (QED) is 0.691.